The number of hydrogen-bond acceptors (Lipinski definition) is 6. The third-order valence-electron chi connectivity index (χ3n) is 5.63. The van der Waals surface area contributed by atoms with E-state index in [1.807, 2.05) is 30.8 Å². The maximum atomic E-state index is 12.1. The van der Waals surface area contributed by atoms with Gasteiger partial charge >= 0.3 is 0 Å². The van der Waals surface area contributed by atoms with Crippen molar-refractivity contribution in [1.82, 2.24) is 24.7 Å². The molecule has 9 nitrogen and oxygen atoms in total. The molecule has 0 aliphatic carbocycles. The van der Waals surface area contributed by atoms with Crippen LogP contribution in [0.3, 0.4) is 0 Å². The van der Waals surface area contributed by atoms with Gasteiger partial charge in [-0.2, -0.15) is 0 Å². The summed E-state index contributed by atoms with van der Waals surface area (Å²) in [4.78, 5) is 36.3. The van der Waals surface area contributed by atoms with E-state index in [1.165, 1.54) is 6.08 Å². The predicted octanol–water partition coefficient (Wildman–Crippen LogP) is 2.65. The molecule has 0 spiro atoms. The van der Waals surface area contributed by atoms with Crippen molar-refractivity contribution in [3.05, 3.63) is 48.3 Å². The number of amides is 2. The first-order chi connectivity index (χ1) is 15.8. The van der Waals surface area contributed by atoms with E-state index in [0.29, 0.717) is 42.6 Å². The summed E-state index contributed by atoms with van der Waals surface area (Å²) in [5.74, 6) is 1.28. The molecule has 1 atom stereocenters. The Morgan fingerprint density at radius 3 is 2.73 bits per heavy atom. The van der Waals surface area contributed by atoms with Crippen LogP contribution in [-0.4, -0.2) is 70.9 Å². The molecule has 1 aromatic heterocycles. The molecule has 2 heterocycles. The van der Waals surface area contributed by atoms with Gasteiger partial charge in [0.15, 0.2) is 5.82 Å². The Kier molecular flexibility index (Phi) is 9.44. The van der Waals surface area contributed by atoms with Crippen molar-refractivity contribution in [2.75, 3.05) is 27.2 Å². The number of carbonyl (C=O) groups excluding carboxylic acids is 2. The van der Waals surface area contributed by atoms with E-state index < -0.39 is 0 Å². The highest BCUT2D eigenvalue weighted by atomic mass is 16.5. The van der Waals surface area contributed by atoms with E-state index in [9.17, 15) is 9.59 Å². The van der Waals surface area contributed by atoms with E-state index in [2.05, 4.69) is 35.7 Å². The zero-order valence-corrected chi connectivity index (χ0v) is 20.5. The van der Waals surface area contributed by atoms with Crippen LogP contribution in [0.25, 0.3) is 5.70 Å². The number of ether oxygens (including phenoxy) is 1. The fraction of sp³-hybridized carbons (Fsp3) is 0.500. The van der Waals surface area contributed by atoms with Gasteiger partial charge in [0.1, 0.15) is 0 Å². The van der Waals surface area contributed by atoms with Gasteiger partial charge < -0.3 is 24.4 Å². The maximum absolute atomic E-state index is 12.1. The van der Waals surface area contributed by atoms with Gasteiger partial charge in [0.05, 0.1) is 24.5 Å². The lowest BCUT2D eigenvalue weighted by Crippen LogP contribution is -2.35. The van der Waals surface area contributed by atoms with Crippen molar-refractivity contribution in [1.29, 1.82) is 0 Å². The molecule has 1 N–H and O–H groups in total. The lowest BCUT2D eigenvalue weighted by atomic mass is 10.1. The zero-order valence-electron chi connectivity index (χ0n) is 20.5. The van der Waals surface area contributed by atoms with Gasteiger partial charge in [0, 0.05) is 45.3 Å². The Morgan fingerprint density at radius 1 is 1.48 bits per heavy atom. The molecular weight excluding hydrogens is 420 g/mol. The lowest BCUT2D eigenvalue weighted by molar-refractivity contribution is -0.125. The molecule has 33 heavy (non-hydrogen) atoms. The molecule has 9 heteroatoms. The minimum Gasteiger partial charge on any atom is -0.480 e. The number of methoxy groups -OCH3 is 1. The summed E-state index contributed by atoms with van der Waals surface area (Å²) in [6.07, 6.45) is 9.08. The molecule has 0 aromatic carbocycles. The van der Waals surface area contributed by atoms with Crippen LogP contribution in [0.2, 0.25) is 0 Å². The monoisotopic (exact) mass is 456 g/mol. The number of aliphatic imine (C=N–C) groups is 1. The van der Waals surface area contributed by atoms with Crippen molar-refractivity contribution in [3.63, 3.8) is 0 Å². The van der Waals surface area contributed by atoms with Gasteiger partial charge in [-0.1, -0.05) is 33.4 Å². The first-order valence-corrected chi connectivity index (χ1v) is 11.2. The summed E-state index contributed by atoms with van der Waals surface area (Å²) >= 11 is 0. The van der Waals surface area contributed by atoms with Crippen LogP contribution < -0.4 is 5.32 Å². The average molecular weight is 457 g/mol. The maximum Gasteiger partial charge on any atom is 0.246 e. The van der Waals surface area contributed by atoms with Gasteiger partial charge in [0.25, 0.3) is 0 Å². The molecule has 1 aliphatic heterocycles. The second kappa shape index (κ2) is 12.0. The fourth-order valence-corrected chi connectivity index (χ4v) is 3.90. The molecule has 1 fully saturated rings. The molecule has 0 bridgehead atoms. The molecule has 0 saturated carbocycles. The zero-order chi connectivity index (χ0) is 24.5. The first kappa shape index (κ1) is 25.9. The fourth-order valence-electron chi connectivity index (χ4n) is 3.90. The standard InChI is InChI=1S/C24H36N6O3/c1-8-10-19(24(25-5)33-7)27-20(23-26-13-21(17(3)4)28(23)6)15-30(16-31)18-11-12-29(14-18)22(32)9-2/h9-10,13,15-18,27H,2,8,11-12,14H2,1,3-7H3/b19-10+,20-15+,25-24?. The van der Waals surface area contributed by atoms with Crippen molar-refractivity contribution in [2.45, 2.75) is 45.6 Å². The van der Waals surface area contributed by atoms with Crippen molar-refractivity contribution in [3.8, 4) is 0 Å². The Bertz CT molecular complexity index is 944. The lowest BCUT2D eigenvalue weighted by Gasteiger charge is -2.24. The second-order valence-electron chi connectivity index (χ2n) is 8.13. The van der Waals surface area contributed by atoms with Gasteiger partial charge in [0.2, 0.25) is 18.2 Å². The van der Waals surface area contributed by atoms with Crippen LogP contribution in [0.4, 0.5) is 0 Å². The molecule has 1 unspecified atom stereocenters. The van der Waals surface area contributed by atoms with Crippen LogP contribution in [0.1, 0.15) is 51.0 Å². The molecule has 2 rings (SSSR count). The molecule has 1 aromatic rings. The average Bonchev–Trinajstić information content (AvgIpc) is 3.44. The summed E-state index contributed by atoms with van der Waals surface area (Å²) in [5, 5.41) is 3.39. The molecule has 1 saturated heterocycles. The molecule has 1 aliphatic rings. The van der Waals surface area contributed by atoms with Crippen molar-refractivity contribution < 1.29 is 14.3 Å². The summed E-state index contributed by atoms with van der Waals surface area (Å²) in [5.41, 5.74) is 2.38. The number of rotatable bonds is 10. The van der Waals surface area contributed by atoms with Crippen molar-refractivity contribution >= 4 is 23.9 Å². The summed E-state index contributed by atoms with van der Waals surface area (Å²) in [6.45, 7) is 10.8. The van der Waals surface area contributed by atoms with E-state index in [0.717, 1.165) is 18.5 Å². The van der Waals surface area contributed by atoms with Gasteiger partial charge in [-0.3, -0.25) is 14.6 Å². The number of likely N-dealkylation sites (tertiary alicyclic amines) is 1. The number of nitrogens with one attached hydrogen (secondary N) is 1. The number of imidazole rings is 1. The van der Waals surface area contributed by atoms with Crippen molar-refractivity contribution in [2.24, 2.45) is 12.0 Å². The molecular formula is C24H36N6O3. The highest BCUT2D eigenvalue weighted by molar-refractivity contribution is 5.94. The Labute approximate surface area is 196 Å². The van der Waals surface area contributed by atoms with E-state index in [-0.39, 0.29) is 17.9 Å². The second-order valence-corrected chi connectivity index (χ2v) is 8.13. The minimum atomic E-state index is -0.145. The van der Waals surface area contributed by atoms with Crippen LogP contribution in [-0.2, 0) is 21.4 Å². The van der Waals surface area contributed by atoms with Crippen LogP contribution >= 0.6 is 0 Å². The quantitative estimate of drug-likeness (QED) is 0.253. The topological polar surface area (TPSA) is 92.1 Å². The molecule has 2 amide bonds. The number of carbonyl (C=O) groups is 2. The van der Waals surface area contributed by atoms with Gasteiger partial charge in [-0.05, 0) is 24.8 Å². The van der Waals surface area contributed by atoms with E-state index >= 15 is 0 Å². The minimum absolute atomic E-state index is 0.131. The third kappa shape index (κ3) is 6.12. The van der Waals surface area contributed by atoms with E-state index in [1.54, 1.807) is 30.2 Å². The SMILES string of the molecule is C=CC(=O)N1CCC(N(C=O)/C=C(/N/C(=C/CC)C(=NC)OC)c2ncc(C(C)C)n2C)C1. The molecule has 0 radical (unpaired) electrons. The van der Waals surface area contributed by atoms with Crippen LogP contribution in [0.15, 0.2) is 41.8 Å². The predicted molar refractivity (Wildman–Crippen MR) is 130 cm³/mol. The summed E-state index contributed by atoms with van der Waals surface area (Å²) in [6, 6.07) is -0.145. The largest absolute Gasteiger partial charge is 0.480 e. The Hall–Kier alpha value is -3.36. The van der Waals surface area contributed by atoms with Crippen LogP contribution in [0.5, 0.6) is 0 Å². The normalized spacial score (nSPS) is 17.4. The highest BCUT2D eigenvalue weighted by Gasteiger charge is 2.29. The smallest absolute Gasteiger partial charge is 0.246 e. The number of nitrogens with zero attached hydrogens (tertiary/aromatic N) is 5. The summed E-state index contributed by atoms with van der Waals surface area (Å²) in [7, 11) is 5.18. The van der Waals surface area contributed by atoms with Gasteiger partial charge in [-0.15, -0.1) is 0 Å². The Morgan fingerprint density at radius 2 is 2.21 bits per heavy atom. The van der Waals surface area contributed by atoms with Gasteiger partial charge in [-0.25, -0.2) is 4.98 Å². The van der Waals surface area contributed by atoms with E-state index in [4.69, 9.17) is 4.74 Å². The third-order valence-corrected chi connectivity index (χ3v) is 5.63. The Balaban J connectivity index is 2.50. The first-order valence-electron chi connectivity index (χ1n) is 11.2. The number of allylic oxidation sites excluding steroid dienone is 1. The highest BCUT2D eigenvalue weighted by Crippen LogP contribution is 2.22. The van der Waals surface area contributed by atoms with Crippen LogP contribution in [0, 0.1) is 0 Å². The summed E-state index contributed by atoms with van der Waals surface area (Å²) < 4.78 is 7.44. The molecule has 180 valence electrons. The number of hydrogen-bond donors (Lipinski definition) is 1. The number of aromatic nitrogens is 2.